The van der Waals surface area contributed by atoms with Gasteiger partial charge in [-0.2, -0.15) is 0 Å². The molecule has 0 atom stereocenters. The molecule has 0 saturated carbocycles. The van der Waals surface area contributed by atoms with Crippen LogP contribution in [0.1, 0.15) is 5.56 Å². The molecule has 3 heteroatoms. The highest BCUT2D eigenvalue weighted by molar-refractivity contribution is 6.30. The van der Waals surface area contributed by atoms with Gasteiger partial charge in [0.1, 0.15) is 5.82 Å². The second kappa shape index (κ2) is 5.75. The summed E-state index contributed by atoms with van der Waals surface area (Å²) < 4.78 is 12.5. The molecule has 0 aliphatic heterocycles. The fourth-order valence-corrected chi connectivity index (χ4v) is 0.828. The van der Waals surface area contributed by atoms with Crippen LogP contribution in [0.2, 0.25) is 5.02 Å². The Morgan fingerprint density at radius 3 is 2.50 bits per heavy atom. The first kappa shape index (κ1) is 11.1. The molecule has 0 saturated heterocycles. The van der Waals surface area contributed by atoms with Crippen molar-refractivity contribution in [3.63, 3.8) is 0 Å². The van der Waals surface area contributed by atoms with Gasteiger partial charge in [-0.25, -0.2) is 4.39 Å². The van der Waals surface area contributed by atoms with Crippen molar-refractivity contribution < 1.29 is 4.39 Å². The summed E-state index contributed by atoms with van der Waals surface area (Å²) in [4.78, 5) is 0. The van der Waals surface area contributed by atoms with Crippen molar-refractivity contribution in [2.45, 2.75) is 0 Å². The fourth-order valence-electron chi connectivity index (χ4n) is 0.639. The lowest BCUT2D eigenvalue weighted by atomic mass is 10.2. The van der Waals surface area contributed by atoms with Crippen LogP contribution in [-0.4, -0.2) is 7.05 Å². The maximum Gasteiger partial charge on any atom is 0.141 e. The molecule has 0 fully saturated rings. The minimum atomic E-state index is -0.396. The maximum absolute atomic E-state index is 12.5. The fraction of sp³-hybridized carbons (Fsp3) is 0.111. The second-order valence-corrected chi connectivity index (χ2v) is 2.28. The van der Waals surface area contributed by atoms with Crippen molar-refractivity contribution in [3.05, 3.63) is 41.2 Å². The Labute approximate surface area is 76.7 Å². The van der Waals surface area contributed by atoms with Crippen molar-refractivity contribution in [3.8, 4) is 0 Å². The molecule has 2 N–H and O–H groups in total. The van der Waals surface area contributed by atoms with Crippen LogP contribution in [0.25, 0.3) is 6.08 Å². The number of rotatable bonds is 1. The average Bonchev–Trinajstić information content (AvgIpc) is 2.13. The van der Waals surface area contributed by atoms with E-state index in [0.29, 0.717) is 0 Å². The first-order chi connectivity index (χ1) is 5.74. The van der Waals surface area contributed by atoms with E-state index in [1.54, 1.807) is 12.1 Å². The van der Waals surface area contributed by atoms with Gasteiger partial charge in [0.2, 0.25) is 0 Å². The molecule has 1 aromatic carbocycles. The van der Waals surface area contributed by atoms with E-state index in [-0.39, 0.29) is 5.02 Å². The molecule has 0 amide bonds. The number of benzene rings is 1. The zero-order valence-corrected chi connectivity index (χ0v) is 7.61. The molecule has 0 aliphatic carbocycles. The summed E-state index contributed by atoms with van der Waals surface area (Å²) in [6.45, 7) is 3.52. The van der Waals surface area contributed by atoms with Crippen molar-refractivity contribution >= 4 is 17.7 Å². The van der Waals surface area contributed by atoms with Crippen LogP contribution in [0, 0.1) is 5.82 Å². The first-order valence-corrected chi connectivity index (χ1v) is 3.77. The van der Waals surface area contributed by atoms with Crippen molar-refractivity contribution in [2.75, 3.05) is 7.05 Å². The van der Waals surface area contributed by atoms with E-state index in [1.807, 2.05) is 0 Å². The highest BCUT2D eigenvalue weighted by Gasteiger charge is 1.96. The minimum absolute atomic E-state index is 0.136. The van der Waals surface area contributed by atoms with Crippen LogP contribution in [-0.2, 0) is 0 Å². The SMILES string of the molecule is C=Cc1ccc(F)c(Cl)c1.CN. The third-order valence-corrected chi connectivity index (χ3v) is 1.47. The van der Waals surface area contributed by atoms with Gasteiger partial charge in [0, 0.05) is 0 Å². The van der Waals surface area contributed by atoms with E-state index in [9.17, 15) is 4.39 Å². The molecule has 0 heterocycles. The van der Waals surface area contributed by atoms with Gasteiger partial charge in [-0.3, -0.25) is 0 Å². The van der Waals surface area contributed by atoms with Crippen LogP contribution in [0.4, 0.5) is 4.39 Å². The van der Waals surface area contributed by atoms with Gasteiger partial charge in [-0.05, 0) is 24.7 Å². The topological polar surface area (TPSA) is 26.0 Å². The van der Waals surface area contributed by atoms with Gasteiger partial charge < -0.3 is 5.73 Å². The lowest BCUT2D eigenvalue weighted by molar-refractivity contribution is 0.628. The highest BCUT2D eigenvalue weighted by atomic mass is 35.5. The molecule has 1 aromatic rings. The van der Waals surface area contributed by atoms with Crippen LogP contribution in [0.15, 0.2) is 24.8 Å². The molecule has 0 aliphatic rings. The van der Waals surface area contributed by atoms with Gasteiger partial charge in [-0.1, -0.05) is 30.3 Å². The molecule has 0 bridgehead atoms. The predicted molar refractivity (Wildman–Crippen MR) is 51.6 cm³/mol. The highest BCUT2D eigenvalue weighted by Crippen LogP contribution is 2.16. The molecule has 1 nitrogen and oxygen atoms in total. The molecule has 0 aromatic heterocycles. The van der Waals surface area contributed by atoms with Crippen LogP contribution in [0.3, 0.4) is 0 Å². The molecule has 12 heavy (non-hydrogen) atoms. The lowest BCUT2D eigenvalue weighted by Gasteiger charge is -1.94. The molecule has 66 valence electrons. The second-order valence-electron chi connectivity index (χ2n) is 1.88. The van der Waals surface area contributed by atoms with Gasteiger partial charge in [0.15, 0.2) is 0 Å². The van der Waals surface area contributed by atoms with E-state index in [4.69, 9.17) is 11.6 Å². The molecular formula is C9H11ClFN. The van der Waals surface area contributed by atoms with Crippen LogP contribution < -0.4 is 5.73 Å². The Kier molecular flexibility index (Phi) is 5.34. The monoisotopic (exact) mass is 187 g/mol. The normalized spacial score (nSPS) is 8.33. The number of hydrogen-bond acceptors (Lipinski definition) is 1. The number of halogens is 2. The maximum atomic E-state index is 12.5. The van der Waals surface area contributed by atoms with E-state index >= 15 is 0 Å². The van der Waals surface area contributed by atoms with Gasteiger partial charge >= 0.3 is 0 Å². The third kappa shape index (κ3) is 3.03. The zero-order chi connectivity index (χ0) is 9.56. The van der Waals surface area contributed by atoms with Crippen molar-refractivity contribution in [1.29, 1.82) is 0 Å². The Bertz CT molecular complexity index is 261. The smallest absolute Gasteiger partial charge is 0.141 e. The summed E-state index contributed by atoms with van der Waals surface area (Å²) in [5, 5.41) is 0.136. The van der Waals surface area contributed by atoms with E-state index < -0.39 is 5.82 Å². The molecule has 0 unspecified atom stereocenters. The Morgan fingerprint density at radius 2 is 2.08 bits per heavy atom. The van der Waals surface area contributed by atoms with Crippen LogP contribution >= 0.6 is 11.6 Å². The summed E-state index contributed by atoms with van der Waals surface area (Å²) in [7, 11) is 1.50. The van der Waals surface area contributed by atoms with Crippen molar-refractivity contribution in [1.82, 2.24) is 0 Å². The van der Waals surface area contributed by atoms with Gasteiger partial charge in [-0.15, -0.1) is 0 Å². The standard InChI is InChI=1S/C8H6ClF.CH5N/c1-2-6-3-4-8(10)7(9)5-6;1-2/h2-5H,1H2;2H2,1H3. The quantitative estimate of drug-likeness (QED) is 0.719. The Hall–Kier alpha value is -0.860. The first-order valence-electron chi connectivity index (χ1n) is 3.39. The number of hydrogen-bond donors (Lipinski definition) is 1. The average molecular weight is 188 g/mol. The summed E-state index contributed by atoms with van der Waals surface area (Å²) in [5.74, 6) is -0.396. The Morgan fingerprint density at radius 1 is 1.50 bits per heavy atom. The van der Waals surface area contributed by atoms with E-state index in [0.717, 1.165) is 5.56 Å². The molecular weight excluding hydrogens is 177 g/mol. The lowest BCUT2D eigenvalue weighted by Crippen LogP contribution is -1.76. The Balaban J connectivity index is 0.000000561. The predicted octanol–water partition coefficient (Wildman–Crippen LogP) is 2.70. The summed E-state index contributed by atoms with van der Waals surface area (Å²) >= 11 is 5.47. The summed E-state index contributed by atoms with van der Waals surface area (Å²) in [5.41, 5.74) is 5.33. The van der Waals surface area contributed by atoms with E-state index in [1.165, 1.54) is 19.2 Å². The molecule has 0 spiro atoms. The summed E-state index contributed by atoms with van der Waals surface area (Å²) in [6.07, 6.45) is 1.62. The van der Waals surface area contributed by atoms with Gasteiger partial charge in [0.05, 0.1) is 5.02 Å². The summed E-state index contributed by atoms with van der Waals surface area (Å²) in [6, 6.07) is 4.47. The third-order valence-electron chi connectivity index (χ3n) is 1.18. The van der Waals surface area contributed by atoms with Gasteiger partial charge in [0.25, 0.3) is 0 Å². The van der Waals surface area contributed by atoms with Crippen molar-refractivity contribution in [2.24, 2.45) is 5.73 Å². The molecule has 0 radical (unpaired) electrons. The largest absolute Gasteiger partial charge is 0.333 e. The molecule has 1 rings (SSSR count). The van der Waals surface area contributed by atoms with E-state index in [2.05, 4.69) is 12.3 Å². The minimum Gasteiger partial charge on any atom is -0.333 e. The number of nitrogens with two attached hydrogens (primary N) is 1. The zero-order valence-electron chi connectivity index (χ0n) is 6.85. The van der Waals surface area contributed by atoms with Crippen LogP contribution in [0.5, 0.6) is 0 Å².